The molecule has 5 aromatic rings. The van der Waals surface area contributed by atoms with Gasteiger partial charge in [0.25, 0.3) is 5.78 Å². The van der Waals surface area contributed by atoms with Crippen LogP contribution in [0.1, 0.15) is 22.7 Å². The topological polar surface area (TPSA) is 98.2 Å². The van der Waals surface area contributed by atoms with Crippen molar-refractivity contribution >= 4 is 55.7 Å². The zero-order valence-electron chi connectivity index (χ0n) is 22.5. The average molecular weight is 611 g/mol. The average Bonchev–Trinajstić information content (AvgIpc) is 3.57. The Labute approximate surface area is 255 Å². The highest BCUT2D eigenvalue weighted by Gasteiger charge is 2.48. The number of hydrogen-bond donors (Lipinski definition) is 1. The predicted molar refractivity (Wildman–Crippen MR) is 164 cm³/mol. The van der Waals surface area contributed by atoms with Crippen molar-refractivity contribution in [3.8, 4) is 17.2 Å². The molecule has 0 bridgehead atoms. The van der Waals surface area contributed by atoms with Crippen molar-refractivity contribution in [2.75, 3.05) is 18.1 Å². The second kappa shape index (κ2) is 11.1. The standard InChI is InChI=1S/C33H23ClN2O6S/c34-22-10-11-24-27(17-22)43-33(35-24)36-29(20-7-4-8-23(15-20)42-18-19-5-2-1-3-6-19)28(31(38)32(36)39)30(37)21-9-12-25-26(16-21)41-14-13-40-25/h1-12,15-17,29,37H,13-14,18H2/b30-28+/t29-/m1/s1. The smallest absolute Gasteiger partial charge is 0.301 e. The van der Waals surface area contributed by atoms with E-state index in [1.165, 1.54) is 16.2 Å². The summed E-state index contributed by atoms with van der Waals surface area (Å²) >= 11 is 7.45. The summed E-state index contributed by atoms with van der Waals surface area (Å²) < 4.78 is 18.1. The third-order valence-electron chi connectivity index (χ3n) is 7.23. The van der Waals surface area contributed by atoms with E-state index in [2.05, 4.69) is 4.98 Å². The summed E-state index contributed by atoms with van der Waals surface area (Å²) in [6.07, 6.45) is 0. The number of hydrogen-bond acceptors (Lipinski definition) is 8. The van der Waals surface area contributed by atoms with E-state index in [-0.39, 0.29) is 11.3 Å². The molecule has 4 aromatic carbocycles. The number of nitrogens with zero attached hydrogens (tertiary/aromatic N) is 2. The number of carbonyl (C=O) groups excluding carboxylic acids is 2. The Bertz CT molecular complexity index is 1920. The number of amides is 1. The summed E-state index contributed by atoms with van der Waals surface area (Å²) in [6, 6.07) is 26.1. The van der Waals surface area contributed by atoms with Crippen molar-refractivity contribution in [1.82, 2.24) is 4.98 Å². The Morgan fingerprint density at radius 3 is 2.60 bits per heavy atom. The molecule has 0 aliphatic carbocycles. The zero-order valence-corrected chi connectivity index (χ0v) is 24.1. The van der Waals surface area contributed by atoms with Crippen molar-refractivity contribution in [2.45, 2.75) is 12.6 Å². The molecule has 0 saturated carbocycles. The van der Waals surface area contributed by atoms with E-state index in [1.807, 2.05) is 30.3 Å². The fourth-order valence-corrected chi connectivity index (χ4v) is 6.46. The Kier molecular flexibility index (Phi) is 6.96. The highest BCUT2D eigenvalue weighted by atomic mass is 35.5. The van der Waals surface area contributed by atoms with Gasteiger partial charge in [-0.1, -0.05) is 65.4 Å². The van der Waals surface area contributed by atoms with E-state index in [0.29, 0.717) is 63.9 Å². The number of benzene rings is 4. The van der Waals surface area contributed by atoms with Crippen LogP contribution in [0, 0.1) is 0 Å². The van der Waals surface area contributed by atoms with E-state index < -0.39 is 17.7 Å². The van der Waals surface area contributed by atoms with E-state index >= 15 is 0 Å². The molecule has 1 amide bonds. The van der Waals surface area contributed by atoms with Gasteiger partial charge in [-0.25, -0.2) is 4.98 Å². The van der Waals surface area contributed by atoms with E-state index in [1.54, 1.807) is 60.7 Å². The molecule has 43 heavy (non-hydrogen) atoms. The third-order valence-corrected chi connectivity index (χ3v) is 8.48. The van der Waals surface area contributed by atoms with Crippen LogP contribution >= 0.6 is 22.9 Å². The largest absolute Gasteiger partial charge is 0.507 e. The lowest BCUT2D eigenvalue weighted by atomic mass is 9.95. The first-order valence-corrected chi connectivity index (χ1v) is 14.7. The molecular formula is C33H23ClN2O6S. The summed E-state index contributed by atoms with van der Waals surface area (Å²) in [5.41, 5.74) is 2.45. The van der Waals surface area contributed by atoms with E-state index in [4.69, 9.17) is 25.8 Å². The second-order valence-corrected chi connectivity index (χ2v) is 11.4. The molecule has 3 heterocycles. The minimum Gasteiger partial charge on any atom is -0.507 e. The number of aliphatic hydroxyl groups is 1. The Morgan fingerprint density at radius 1 is 0.953 bits per heavy atom. The van der Waals surface area contributed by atoms with Gasteiger partial charge in [0, 0.05) is 10.6 Å². The number of thiazole rings is 1. The molecule has 8 nitrogen and oxygen atoms in total. The molecule has 2 aliphatic heterocycles. The van der Waals surface area contributed by atoms with Gasteiger partial charge in [0.15, 0.2) is 16.6 Å². The van der Waals surface area contributed by atoms with Crippen LogP contribution in [0.2, 0.25) is 5.02 Å². The zero-order chi connectivity index (χ0) is 29.5. The summed E-state index contributed by atoms with van der Waals surface area (Å²) in [5.74, 6) is -0.434. The first-order valence-electron chi connectivity index (χ1n) is 13.5. The normalized spacial score (nSPS) is 17.4. The van der Waals surface area contributed by atoms with Gasteiger partial charge in [0.2, 0.25) is 0 Å². The Hall–Kier alpha value is -4.86. The van der Waals surface area contributed by atoms with Crippen LogP contribution in [0.4, 0.5) is 5.13 Å². The number of aliphatic hydroxyl groups excluding tert-OH is 1. The molecule has 0 radical (unpaired) electrons. The first kappa shape index (κ1) is 27.0. The van der Waals surface area contributed by atoms with Gasteiger partial charge < -0.3 is 19.3 Å². The van der Waals surface area contributed by atoms with Crippen molar-refractivity contribution in [3.63, 3.8) is 0 Å². The van der Waals surface area contributed by atoms with Crippen molar-refractivity contribution in [2.24, 2.45) is 0 Å². The van der Waals surface area contributed by atoms with Gasteiger partial charge in [-0.15, -0.1) is 0 Å². The lowest BCUT2D eigenvalue weighted by Crippen LogP contribution is -2.29. The van der Waals surface area contributed by atoms with Gasteiger partial charge in [-0.05, 0) is 59.7 Å². The minimum absolute atomic E-state index is 0.0702. The van der Waals surface area contributed by atoms with Crippen LogP contribution in [0.3, 0.4) is 0 Å². The van der Waals surface area contributed by atoms with Crippen LogP contribution < -0.4 is 19.1 Å². The van der Waals surface area contributed by atoms with Crippen LogP contribution in [-0.2, 0) is 16.2 Å². The summed E-state index contributed by atoms with van der Waals surface area (Å²) in [7, 11) is 0. The molecule has 1 saturated heterocycles. The SMILES string of the molecule is O=C1C(=O)N(c2nc3ccc(Cl)cc3s2)[C@H](c2cccc(OCc3ccccc3)c2)/C1=C(\O)c1ccc2c(c1)OCCO2. The van der Waals surface area contributed by atoms with Gasteiger partial charge >= 0.3 is 5.91 Å². The van der Waals surface area contributed by atoms with Gasteiger partial charge in [-0.2, -0.15) is 0 Å². The van der Waals surface area contributed by atoms with Crippen molar-refractivity contribution in [3.05, 3.63) is 118 Å². The minimum atomic E-state index is -0.982. The summed E-state index contributed by atoms with van der Waals surface area (Å²) in [5, 5.41) is 12.5. The molecule has 0 unspecified atom stereocenters. The number of carbonyl (C=O) groups is 2. The fourth-order valence-electron chi connectivity index (χ4n) is 5.20. The Balaban J connectivity index is 1.35. The quantitative estimate of drug-likeness (QED) is 0.126. The molecule has 2 aliphatic rings. The monoisotopic (exact) mass is 610 g/mol. The molecule has 0 spiro atoms. The predicted octanol–water partition coefficient (Wildman–Crippen LogP) is 6.93. The molecule has 10 heteroatoms. The maximum atomic E-state index is 13.7. The number of rotatable bonds is 6. The highest BCUT2D eigenvalue weighted by molar-refractivity contribution is 7.22. The molecule has 1 N–H and O–H groups in total. The summed E-state index contributed by atoms with van der Waals surface area (Å²) in [6.45, 7) is 1.11. The van der Waals surface area contributed by atoms with Gasteiger partial charge in [0.05, 0.1) is 21.8 Å². The number of ketones is 1. The van der Waals surface area contributed by atoms with Gasteiger partial charge in [-0.3, -0.25) is 14.5 Å². The van der Waals surface area contributed by atoms with Gasteiger partial charge in [0.1, 0.15) is 31.3 Å². The Morgan fingerprint density at radius 2 is 1.77 bits per heavy atom. The lowest BCUT2D eigenvalue weighted by molar-refractivity contribution is -0.132. The molecule has 1 fully saturated rings. The number of aromatic nitrogens is 1. The number of halogens is 1. The fraction of sp³-hybridized carbons (Fsp3) is 0.121. The van der Waals surface area contributed by atoms with Crippen LogP contribution in [0.25, 0.3) is 16.0 Å². The second-order valence-electron chi connectivity index (χ2n) is 9.98. The summed E-state index contributed by atoms with van der Waals surface area (Å²) in [4.78, 5) is 33.4. The van der Waals surface area contributed by atoms with Crippen molar-refractivity contribution in [1.29, 1.82) is 0 Å². The maximum Gasteiger partial charge on any atom is 0.301 e. The van der Waals surface area contributed by atoms with Crippen LogP contribution in [0.5, 0.6) is 17.2 Å². The molecule has 1 aromatic heterocycles. The molecule has 7 rings (SSSR count). The van der Waals surface area contributed by atoms with E-state index in [9.17, 15) is 14.7 Å². The number of Topliss-reactive ketones (excluding diaryl/α,β-unsaturated/α-hetero) is 1. The van der Waals surface area contributed by atoms with Crippen molar-refractivity contribution < 1.29 is 28.9 Å². The number of anilines is 1. The number of fused-ring (bicyclic) bond motifs is 2. The number of ether oxygens (including phenoxy) is 3. The van der Waals surface area contributed by atoms with Crippen LogP contribution in [-0.4, -0.2) is 35.0 Å². The highest BCUT2D eigenvalue weighted by Crippen LogP contribution is 2.45. The molecular weight excluding hydrogens is 588 g/mol. The van der Waals surface area contributed by atoms with E-state index in [0.717, 1.165) is 10.3 Å². The third kappa shape index (κ3) is 5.07. The van der Waals surface area contributed by atoms with Crippen LogP contribution in [0.15, 0.2) is 96.6 Å². The maximum absolute atomic E-state index is 13.7. The molecule has 1 atom stereocenters. The molecule has 214 valence electrons. The lowest BCUT2D eigenvalue weighted by Gasteiger charge is -2.24. The first-order chi connectivity index (χ1) is 21.0.